The van der Waals surface area contributed by atoms with Crippen LogP contribution in [0.5, 0.6) is 6.01 Å². The lowest BCUT2D eigenvalue weighted by Crippen LogP contribution is -2.30. The molecule has 2 heterocycles. The average Bonchev–Trinajstić information content (AvgIpc) is 3.13. The van der Waals surface area contributed by atoms with E-state index in [4.69, 9.17) is 4.74 Å². The number of carbonyl (C=O) groups excluding carboxylic acids is 1. The van der Waals surface area contributed by atoms with E-state index in [-0.39, 0.29) is 12.0 Å². The normalized spacial score (nSPS) is 10.8. The third-order valence-electron chi connectivity index (χ3n) is 4.54. The van der Waals surface area contributed by atoms with Gasteiger partial charge in [0.2, 0.25) is 0 Å². The monoisotopic (exact) mass is 372 g/mol. The molecule has 140 valence electrons. The number of hydrogen-bond donors (Lipinski definition) is 1. The second-order valence-electron chi connectivity index (χ2n) is 6.35. The molecule has 0 spiro atoms. The first-order chi connectivity index (χ1) is 13.8. The van der Waals surface area contributed by atoms with E-state index in [1.807, 2.05) is 60.7 Å². The highest BCUT2D eigenvalue weighted by atomic mass is 16.5. The summed E-state index contributed by atoms with van der Waals surface area (Å²) in [6, 6.07) is 19.7. The van der Waals surface area contributed by atoms with Gasteiger partial charge in [-0.3, -0.25) is 4.98 Å². The molecule has 0 unspecified atom stereocenters. The summed E-state index contributed by atoms with van der Waals surface area (Å²) < 4.78 is 6.81. The maximum absolute atomic E-state index is 12.8. The number of hydrogen-bond acceptors (Lipinski definition) is 4. The Balaban J connectivity index is 1.58. The number of nitrogens with one attached hydrogen (secondary N) is 1. The molecule has 0 saturated carbocycles. The van der Waals surface area contributed by atoms with Crippen LogP contribution in [0.4, 0.5) is 4.79 Å². The summed E-state index contributed by atoms with van der Waals surface area (Å²) in [7, 11) is 1.51. The molecule has 4 rings (SSSR count). The van der Waals surface area contributed by atoms with E-state index in [2.05, 4.69) is 15.3 Å². The first-order valence-corrected chi connectivity index (χ1v) is 9.05. The smallest absolute Gasteiger partial charge is 0.330 e. The molecule has 0 saturated heterocycles. The summed E-state index contributed by atoms with van der Waals surface area (Å²) in [5.74, 6) is 0. The lowest BCUT2D eigenvalue weighted by molar-refractivity contribution is 0.239. The number of amides is 1. The Bertz CT molecular complexity index is 1090. The van der Waals surface area contributed by atoms with Crippen LogP contribution in [-0.4, -0.2) is 34.2 Å². The van der Waals surface area contributed by atoms with Gasteiger partial charge < -0.3 is 10.1 Å². The molecule has 0 bridgehead atoms. The molecular weight excluding hydrogens is 352 g/mol. The fourth-order valence-electron chi connectivity index (χ4n) is 3.14. The summed E-state index contributed by atoms with van der Waals surface area (Å²) >= 11 is 0. The van der Waals surface area contributed by atoms with Crippen molar-refractivity contribution < 1.29 is 9.53 Å². The van der Waals surface area contributed by atoms with Crippen LogP contribution < -0.4 is 10.1 Å². The van der Waals surface area contributed by atoms with Crippen LogP contribution in [0.3, 0.4) is 0 Å². The molecule has 6 heteroatoms. The average molecular weight is 372 g/mol. The van der Waals surface area contributed by atoms with E-state index >= 15 is 0 Å². The Hall–Kier alpha value is -3.67. The van der Waals surface area contributed by atoms with Crippen molar-refractivity contribution in [3.8, 4) is 17.1 Å². The van der Waals surface area contributed by atoms with E-state index in [1.54, 1.807) is 12.4 Å². The summed E-state index contributed by atoms with van der Waals surface area (Å²) in [4.78, 5) is 21.4. The molecule has 0 fully saturated rings. The molecule has 0 radical (unpaired) electrons. The number of carbonyl (C=O) groups is 1. The van der Waals surface area contributed by atoms with Gasteiger partial charge in [0.05, 0.1) is 18.1 Å². The Morgan fingerprint density at radius 3 is 2.68 bits per heavy atom. The standard InChI is InChI=1S/C22H20N4O2/c1-28-22-25-19-14-17(18-8-5-12-23-15-18)9-10-20(19)26(22)21(27)24-13-11-16-6-3-2-4-7-16/h2-10,12,14-15H,11,13H2,1H3,(H,24,27). The largest absolute Gasteiger partial charge is 0.468 e. The number of rotatable bonds is 5. The zero-order chi connectivity index (χ0) is 19.3. The molecule has 2 aromatic heterocycles. The van der Waals surface area contributed by atoms with Crippen molar-refractivity contribution in [2.45, 2.75) is 6.42 Å². The van der Waals surface area contributed by atoms with Crippen molar-refractivity contribution in [1.82, 2.24) is 19.9 Å². The minimum absolute atomic E-state index is 0.260. The number of benzene rings is 2. The van der Waals surface area contributed by atoms with Crippen molar-refractivity contribution in [1.29, 1.82) is 0 Å². The van der Waals surface area contributed by atoms with E-state index in [9.17, 15) is 4.79 Å². The van der Waals surface area contributed by atoms with Crippen LogP contribution in [0.1, 0.15) is 5.56 Å². The lowest BCUT2D eigenvalue weighted by atomic mass is 10.1. The highest BCUT2D eigenvalue weighted by Crippen LogP contribution is 2.26. The second kappa shape index (κ2) is 7.92. The Labute approximate surface area is 162 Å². The zero-order valence-corrected chi connectivity index (χ0v) is 15.5. The first-order valence-electron chi connectivity index (χ1n) is 9.05. The topological polar surface area (TPSA) is 69.0 Å². The Kier molecular flexibility index (Phi) is 5.01. The lowest BCUT2D eigenvalue weighted by Gasteiger charge is -2.09. The summed E-state index contributed by atoms with van der Waals surface area (Å²) in [6.07, 6.45) is 4.29. The maximum Gasteiger partial charge on any atom is 0.330 e. The molecule has 6 nitrogen and oxygen atoms in total. The van der Waals surface area contributed by atoms with Gasteiger partial charge in [-0.1, -0.05) is 42.5 Å². The number of pyridine rings is 1. The number of fused-ring (bicyclic) bond motifs is 1. The Morgan fingerprint density at radius 1 is 1.07 bits per heavy atom. The number of ether oxygens (including phenoxy) is 1. The van der Waals surface area contributed by atoms with Gasteiger partial charge in [-0.05, 0) is 35.7 Å². The molecule has 0 aliphatic rings. The molecular formula is C22H20N4O2. The quantitative estimate of drug-likeness (QED) is 0.577. The summed E-state index contributed by atoms with van der Waals surface area (Å²) in [5.41, 5.74) is 4.53. The fourth-order valence-corrected chi connectivity index (χ4v) is 3.14. The molecule has 28 heavy (non-hydrogen) atoms. The summed E-state index contributed by atoms with van der Waals surface area (Å²) in [6.45, 7) is 0.527. The number of aromatic nitrogens is 3. The van der Waals surface area contributed by atoms with E-state index in [0.717, 1.165) is 17.5 Å². The van der Waals surface area contributed by atoms with Gasteiger partial charge in [-0.2, -0.15) is 4.98 Å². The van der Waals surface area contributed by atoms with E-state index < -0.39 is 0 Å². The van der Waals surface area contributed by atoms with Crippen molar-refractivity contribution in [3.63, 3.8) is 0 Å². The molecule has 0 atom stereocenters. The Morgan fingerprint density at radius 2 is 1.93 bits per heavy atom. The molecule has 1 amide bonds. The van der Waals surface area contributed by atoms with E-state index in [0.29, 0.717) is 17.6 Å². The minimum atomic E-state index is -0.260. The third kappa shape index (κ3) is 3.57. The molecule has 0 aliphatic heterocycles. The molecule has 1 N–H and O–H groups in total. The van der Waals surface area contributed by atoms with Crippen LogP contribution in [0, 0.1) is 0 Å². The first kappa shape index (κ1) is 17.7. The van der Waals surface area contributed by atoms with Crippen LogP contribution in [0.2, 0.25) is 0 Å². The van der Waals surface area contributed by atoms with Crippen molar-refractivity contribution >= 4 is 17.1 Å². The van der Waals surface area contributed by atoms with Crippen molar-refractivity contribution in [3.05, 3.63) is 78.6 Å². The number of nitrogens with zero attached hydrogens (tertiary/aromatic N) is 3. The van der Waals surface area contributed by atoms with E-state index in [1.165, 1.54) is 17.2 Å². The van der Waals surface area contributed by atoms with Crippen molar-refractivity contribution in [2.24, 2.45) is 0 Å². The predicted octanol–water partition coefficient (Wildman–Crippen LogP) is 3.91. The SMILES string of the molecule is COc1nc2cc(-c3cccnc3)ccc2n1C(=O)NCCc1ccccc1. The zero-order valence-electron chi connectivity index (χ0n) is 15.5. The summed E-state index contributed by atoms with van der Waals surface area (Å²) in [5, 5.41) is 2.94. The highest BCUT2D eigenvalue weighted by molar-refractivity contribution is 5.92. The minimum Gasteiger partial charge on any atom is -0.468 e. The predicted molar refractivity (Wildman–Crippen MR) is 108 cm³/mol. The van der Waals surface area contributed by atoms with Gasteiger partial charge in [0, 0.05) is 24.5 Å². The number of imidazole rings is 1. The van der Waals surface area contributed by atoms with Crippen molar-refractivity contribution in [2.75, 3.05) is 13.7 Å². The van der Waals surface area contributed by atoms with Crippen LogP contribution >= 0.6 is 0 Å². The van der Waals surface area contributed by atoms with Gasteiger partial charge in [-0.15, -0.1) is 0 Å². The van der Waals surface area contributed by atoms with Crippen LogP contribution in [0.15, 0.2) is 73.1 Å². The van der Waals surface area contributed by atoms with Gasteiger partial charge >= 0.3 is 12.0 Å². The van der Waals surface area contributed by atoms with Gasteiger partial charge in [0.25, 0.3) is 0 Å². The maximum atomic E-state index is 12.8. The number of methoxy groups -OCH3 is 1. The second-order valence-corrected chi connectivity index (χ2v) is 6.35. The third-order valence-corrected chi connectivity index (χ3v) is 4.54. The fraction of sp³-hybridized carbons (Fsp3) is 0.136. The molecule has 2 aromatic carbocycles. The molecule has 0 aliphatic carbocycles. The highest BCUT2D eigenvalue weighted by Gasteiger charge is 2.17. The van der Waals surface area contributed by atoms with Gasteiger partial charge in [0.1, 0.15) is 0 Å². The molecule has 4 aromatic rings. The van der Waals surface area contributed by atoms with Gasteiger partial charge in [0.15, 0.2) is 0 Å². The van der Waals surface area contributed by atoms with Gasteiger partial charge in [-0.25, -0.2) is 9.36 Å². The van der Waals surface area contributed by atoms with Crippen LogP contribution in [-0.2, 0) is 6.42 Å². The van der Waals surface area contributed by atoms with Crippen LogP contribution in [0.25, 0.3) is 22.2 Å².